The van der Waals surface area contributed by atoms with Gasteiger partial charge in [0, 0.05) is 50.8 Å². The van der Waals surface area contributed by atoms with Crippen LogP contribution in [0.15, 0.2) is 30.3 Å². The third-order valence-electron chi connectivity index (χ3n) is 11.9. The molecule has 0 aromatic heterocycles. The molecular formula is C36H53F3N4O3. The highest BCUT2D eigenvalue weighted by Crippen LogP contribution is 2.50. The molecule has 3 aliphatic heterocycles. The molecule has 1 aromatic rings. The maximum Gasteiger partial charge on any atom is 0.391 e. The van der Waals surface area contributed by atoms with E-state index in [-0.39, 0.29) is 61.2 Å². The van der Waals surface area contributed by atoms with E-state index < -0.39 is 12.1 Å². The molecule has 10 heteroatoms. The van der Waals surface area contributed by atoms with Gasteiger partial charge in [-0.05, 0) is 108 Å². The number of halogens is 3. The van der Waals surface area contributed by atoms with Crippen LogP contribution in [0.1, 0.15) is 96.1 Å². The van der Waals surface area contributed by atoms with Crippen LogP contribution in [0.3, 0.4) is 0 Å². The minimum atomic E-state index is -4.18. The largest absolute Gasteiger partial charge is 0.391 e. The molecule has 4 atom stereocenters. The lowest BCUT2D eigenvalue weighted by atomic mass is 9.81. The molecule has 6 rings (SSSR count). The number of fused-ring (bicyclic) bond motifs is 1. The van der Waals surface area contributed by atoms with Crippen LogP contribution in [-0.4, -0.2) is 89.8 Å². The molecule has 0 bridgehead atoms. The summed E-state index contributed by atoms with van der Waals surface area (Å²) < 4.78 is 45.3. The van der Waals surface area contributed by atoms with Gasteiger partial charge in [0.1, 0.15) is 0 Å². The lowest BCUT2D eigenvalue weighted by Crippen LogP contribution is -2.50. The Labute approximate surface area is 272 Å². The van der Waals surface area contributed by atoms with Crippen LogP contribution in [0, 0.1) is 23.7 Å². The Morgan fingerprint density at radius 2 is 1.74 bits per heavy atom. The van der Waals surface area contributed by atoms with Crippen LogP contribution in [0.4, 0.5) is 18.0 Å². The predicted molar refractivity (Wildman–Crippen MR) is 171 cm³/mol. The van der Waals surface area contributed by atoms with Gasteiger partial charge in [0.2, 0.25) is 5.91 Å². The number of likely N-dealkylation sites (tertiary alicyclic amines) is 1. The Kier molecular flexibility index (Phi) is 10.2. The summed E-state index contributed by atoms with van der Waals surface area (Å²) >= 11 is 0. The van der Waals surface area contributed by atoms with Crippen molar-refractivity contribution in [2.45, 2.75) is 114 Å². The van der Waals surface area contributed by atoms with Gasteiger partial charge in [-0.15, -0.1) is 0 Å². The molecule has 5 aliphatic rings. The molecular weight excluding hydrogens is 593 g/mol. The number of urea groups is 1. The Hall–Kier alpha value is -2.33. The Morgan fingerprint density at radius 3 is 2.41 bits per heavy atom. The van der Waals surface area contributed by atoms with E-state index in [0.717, 1.165) is 83.5 Å². The number of piperidine rings is 1. The minimum absolute atomic E-state index is 0.0264. The van der Waals surface area contributed by atoms with Gasteiger partial charge in [0.05, 0.1) is 17.5 Å². The molecule has 5 fully saturated rings. The van der Waals surface area contributed by atoms with Crippen molar-refractivity contribution < 1.29 is 27.5 Å². The summed E-state index contributed by atoms with van der Waals surface area (Å²) in [5, 5.41) is 3.26. The molecule has 3 saturated heterocycles. The molecule has 3 heterocycles. The first-order valence-electron chi connectivity index (χ1n) is 17.9. The van der Waals surface area contributed by atoms with E-state index in [4.69, 9.17) is 4.74 Å². The van der Waals surface area contributed by atoms with E-state index in [2.05, 4.69) is 33.9 Å². The van der Waals surface area contributed by atoms with Crippen LogP contribution in [0.2, 0.25) is 0 Å². The Bertz CT molecular complexity index is 1180. The van der Waals surface area contributed by atoms with Gasteiger partial charge in [0.15, 0.2) is 0 Å². The van der Waals surface area contributed by atoms with Gasteiger partial charge in [0.25, 0.3) is 0 Å². The second kappa shape index (κ2) is 14.0. The average molecular weight is 647 g/mol. The highest BCUT2D eigenvalue weighted by atomic mass is 19.4. The summed E-state index contributed by atoms with van der Waals surface area (Å²) in [5.41, 5.74) is 0.892. The van der Waals surface area contributed by atoms with Gasteiger partial charge in [-0.25, -0.2) is 4.79 Å². The van der Waals surface area contributed by atoms with Crippen molar-refractivity contribution in [3.05, 3.63) is 35.9 Å². The fourth-order valence-electron chi connectivity index (χ4n) is 9.59. The number of nitrogens with one attached hydrogen (secondary N) is 1. The van der Waals surface area contributed by atoms with E-state index in [1.807, 2.05) is 30.3 Å². The van der Waals surface area contributed by atoms with Gasteiger partial charge in [-0.3, -0.25) is 9.69 Å². The lowest BCUT2D eigenvalue weighted by Gasteiger charge is -2.39. The standard InChI is InChI=1S/C36H53F3N4O3/c1-25(2)43-34(45)42(23-26-15-19-46-20-16-26)24-35(43)21-29-9-6-17-41(32(29)22-35)18-14-31(27-7-4-3-5-8-27)40-33(44)28-10-12-30(13-11-28)36(37,38)39/h3-5,7-8,25-26,28-32H,6,9-24H2,1-2H3,(H,40,44)/t28?,29?,30?,31-,32?,35?/m0/s1. The van der Waals surface area contributed by atoms with Crippen LogP contribution < -0.4 is 5.32 Å². The van der Waals surface area contributed by atoms with Gasteiger partial charge in [-0.2, -0.15) is 13.2 Å². The Morgan fingerprint density at radius 1 is 1.02 bits per heavy atom. The molecule has 0 radical (unpaired) electrons. The number of carbonyl (C=O) groups excluding carboxylic acids is 2. The number of ether oxygens (including phenoxy) is 1. The van der Waals surface area contributed by atoms with Crippen molar-refractivity contribution in [1.29, 1.82) is 0 Å². The van der Waals surface area contributed by atoms with E-state index >= 15 is 0 Å². The normalized spacial score (nSPS) is 31.9. The predicted octanol–water partition coefficient (Wildman–Crippen LogP) is 6.79. The van der Waals surface area contributed by atoms with Gasteiger partial charge in [-0.1, -0.05) is 30.3 Å². The number of alkyl halides is 3. The average Bonchev–Trinajstić information content (AvgIpc) is 3.54. The zero-order chi connectivity index (χ0) is 32.5. The first-order valence-corrected chi connectivity index (χ1v) is 17.9. The summed E-state index contributed by atoms with van der Waals surface area (Å²) in [5.74, 6) is -0.734. The van der Waals surface area contributed by atoms with Crippen LogP contribution >= 0.6 is 0 Å². The molecule has 2 aliphatic carbocycles. The summed E-state index contributed by atoms with van der Waals surface area (Å²) in [4.78, 5) is 34.2. The maximum absolute atomic E-state index is 13.9. The monoisotopic (exact) mass is 646 g/mol. The first kappa shape index (κ1) is 33.6. The number of hydrogen-bond acceptors (Lipinski definition) is 4. The van der Waals surface area contributed by atoms with Crippen LogP contribution in [-0.2, 0) is 9.53 Å². The number of carbonyl (C=O) groups is 2. The molecule has 256 valence electrons. The Balaban J connectivity index is 1.11. The molecule has 3 unspecified atom stereocenters. The summed E-state index contributed by atoms with van der Waals surface area (Å²) in [7, 11) is 0. The molecule has 7 nitrogen and oxygen atoms in total. The fourth-order valence-corrected chi connectivity index (χ4v) is 9.59. The minimum Gasteiger partial charge on any atom is -0.381 e. The highest BCUT2D eigenvalue weighted by molar-refractivity contribution is 5.79. The van der Waals surface area contributed by atoms with Crippen molar-refractivity contribution in [2.24, 2.45) is 23.7 Å². The number of nitrogens with zero attached hydrogens (tertiary/aromatic N) is 3. The van der Waals surface area contributed by atoms with Crippen molar-refractivity contribution >= 4 is 11.9 Å². The molecule has 1 N–H and O–H groups in total. The molecule has 46 heavy (non-hydrogen) atoms. The summed E-state index contributed by atoms with van der Waals surface area (Å²) in [6, 6.07) is 10.5. The van der Waals surface area contributed by atoms with Gasteiger partial charge < -0.3 is 19.9 Å². The molecule has 1 spiro atoms. The van der Waals surface area contributed by atoms with Gasteiger partial charge >= 0.3 is 12.2 Å². The third-order valence-corrected chi connectivity index (χ3v) is 11.9. The van der Waals surface area contributed by atoms with Crippen LogP contribution in [0.25, 0.3) is 0 Å². The smallest absolute Gasteiger partial charge is 0.381 e. The molecule has 2 saturated carbocycles. The topological polar surface area (TPSA) is 65.1 Å². The fraction of sp³-hybridized carbons (Fsp3) is 0.778. The van der Waals surface area contributed by atoms with E-state index in [0.29, 0.717) is 17.9 Å². The number of amides is 3. The highest BCUT2D eigenvalue weighted by Gasteiger charge is 2.58. The zero-order valence-electron chi connectivity index (χ0n) is 27.6. The molecule has 1 aromatic carbocycles. The van der Waals surface area contributed by atoms with Crippen molar-refractivity contribution in [2.75, 3.05) is 39.4 Å². The quantitative estimate of drug-likeness (QED) is 0.321. The number of rotatable bonds is 9. The van der Waals surface area contributed by atoms with Crippen LogP contribution in [0.5, 0.6) is 0 Å². The van der Waals surface area contributed by atoms with E-state index in [1.165, 1.54) is 6.42 Å². The second-order valence-electron chi connectivity index (χ2n) is 15.2. The SMILES string of the molecule is CC(C)N1C(=O)N(CC2CCOCC2)CC12CC1CCCN(CC[C@H](NC(=O)C3CCC(C(F)(F)F)CC3)c3ccccc3)C1C2. The maximum atomic E-state index is 13.9. The zero-order valence-corrected chi connectivity index (χ0v) is 27.6. The van der Waals surface area contributed by atoms with E-state index in [1.54, 1.807) is 0 Å². The number of hydrogen-bond donors (Lipinski definition) is 1. The first-order chi connectivity index (χ1) is 22.0. The molecule has 3 amide bonds. The van der Waals surface area contributed by atoms with Crippen molar-refractivity contribution in [3.8, 4) is 0 Å². The summed E-state index contributed by atoms with van der Waals surface area (Å²) in [6.45, 7) is 9.35. The third kappa shape index (κ3) is 7.23. The van der Waals surface area contributed by atoms with Crippen molar-refractivity contribution in [3.63, 3.8) is 0 Å². The number of benzene rings is 1. The van der Waals surface area contributed by atoms with Crippen molar-refractivity contribution in [1.82, 2.24) is 20.0 Å². The summed E-state index contributed by atoms with van der Waals surface area (Å²) in [6.07, 6.45) is 3.56. The van der Waals surface area contributed by atoms with E-state index in [9.17, 15) is 22.8 Å². The lowest BCUT2D eigenvalue weighted by molar-refractivity contribution is -0.184. The second-order valence-corrected chi connectivity index (χ2v) is 15.2.